The molecule has 0 atom stereocenters. The van der Waals surface area contributed by atoms with Crippen molar-refractivity contribution >= 4 is 21.7 Å². The monoisotopic (exact) mass is 270 g/mol. The topological polar surface area (TPSA) is 101 Å². The molecule has 0 amide bonds. The molecule has 1 aliphatic heterocycles. The number of primary sulfonamides is 1. The van der Waals surface area contributed by atoms with Crippen LogP contribution in [0.15, 0.2) is 23.1 Å². The van der Waals surface area contributed by atoms with Crippen LogP contribution in [0.2, 0.25) is 0 Å². The minimum Gasteiger partial charge on any atom is -0.480 e. The summed E-state index contributed by atoms with van der Waals surface area (Å²) in [5.74, 6) is -0.941. The Labute approximate surface area is 105 Å². The number of carboxylic acid groups (broad SMARTS) is 1. The van der Waals surface area contributed by atoms with Crippen LogP contribution in [0.25, 0.3) is 0 Å². The number of hydrogen-bond donors (Lipinski definition) is 2. The first kappa shape index (κ1) is 12.8. The second-order valence-electron chi connectivity index (χ2n) is 4.25. The molecule has 2 rings (SSSR count). The van der Waals surface area contributed by atoms with Crippen LogP contribution in [0, 0.1) is 0 Å². The largest absolute Gasteiger partial charge is 0.480 e. The van der Waals surface area contributed by atoms with Gasteiger partial charge in [0.1, 0.15) is 6.54 Å². The van der Waals surface area contributed by atoms with Crippen LogP contribution in [0.3, 0.4) is 0 Å². The van der Waals surface area contributed by atoms with Crippen LogP contribution >= 0.6 is 0 Å². The fourth-order valence-electron chi connectivity index (χ4n) is 2.13. The predicted molar refractivity (Wildman–Crippen MR) is 66.0 cm³/mol. The lowest BCUT2D eigenvalue weighted by Crippen LogP contribution is -2.34. The Bertz CT molecular complexity index is 583. The van der Waals surface area contributed by atoms with E-state index in [1.165, 1.54) is 12.1 Å². The summed E-state index contributed by atoms with van der Waals surface area (Å²) in [6.45, 7) is 0.467. The third-order valence-corrected chi connectivity index (χ3v) is 3.84. The van der Waals surface area contributed by atoms with Gasteiger partial charge in [-0.15, -0.1) is 0 Å². The van der Waals surface area contributed by atoms with E-state index in [-0.39, 0.29) is 11.4 Å². The summed E-state index contributed by atoms with van der Waals surface area (Å²) in [6, 6.07) is 4.61. The lowest BCUT2D eigenvalue weighted by atomic mass is 10.0. The molecule has 1 heterocycles. The maximum atomic E-state index is 11.3. The number of aliphatic carboxylic acids is 1. The lowest BCUT2D eigenvalue weighted by molar-refractivity contribution is -0.135. The smallest absolute Gasteiger partial charge is 0.323 e. The third kappa shape index (κ3) is 2.62. The van der Waals surface area contributed by atoms with Crippen LogP contribution in [-0.4, -0.2) is 32.6 Å². The molecule has 0 saturated heterocycles. The molecule has 0 fully saturated rings. The summed E-state index contributed by atoms with van der Waals surface area (Å²) >= 11 is 0. The van der Waals surface area contributed by atoms with Crippen LogP contribution in [0.1, 0.15) is 12.0 Å². The number of benzene rings is 1. The van der Waals surface area contributed by atoms with Gasteiger partial charge in [-0.3, -0.25) is 4.79 Å². The Morgan fingerprint density at radius 1 is 1.44 bits per heavy atom. The van der Waals surface area contributed by atoms with Gasteiger partial charge >= 0.3 is 5.97 Å². The van der Waals surface area contributed by atoms with Gasteiger partial charge in [0.15, 0.2) is 0 Å². The van der Waals surface area contributed by atoms with Gasteiger partial charge in [-0.25, -0.2) is 13.6 Å². The van der Waals surface area contributed by atoms with Crippen molar-refractivity contribution < 1.29 is 18.3 Å². The highest BCUT2D eigenvalue weighted by molar-refractivity contribution is 7.89. The van der Waals surface area contributed by atoms with Crippen molar-refractivity contribution in [2.45, 2.75) is 17.7 Å². The quantitative estimate of drug-likeness (QED) is 0.815. The fraction of sp³-hybridized carbons (Fsp3) is 0.364. The van der Waals surface area contributed by atoms with Gasteiger partial charge in [0, 0.05) is 12.2 Å². The molecule has 0 aliphatic carbocycles. The van der Waals surface area contributed by atoms with Gasteiger partial charge < -0.3 is 10.0 Å². The van der Waals surface area contributed by atoms with Crippen molar-refractivity contribution in [2.75, 3.05) is 18.0 Å². The number of rotatable bonds is 3. The minimum atomic E-state index is -3.76. The van der Waals surface area contributed by atoms with E-state index in [2.05, 4.69) is 0 Å². The van der Waals surface area contributed by atoms with Crippen molar-refractivity contribution in [3.63, 3.8) is 0 Å². The Balaban J connectivity index is 2.44. The zero-order valence-corrected chi connectivity index (χ0v) is 10.5. The zero-order chi connectivity index (χ0) is 13.3. The molecule has 7 heteroatoms. The van der Waals surface area contributed by atoms with Gasteiger partial charge in [-0.1, -0.05) is 6.07 Å². The molecule has 1 aromatic carbocycles. The molecule has 1 aliphatic rings. The van der Waals surface area contributed by atoms with Crippen LogP contribution < -0.4 is 10.0 Å². The summed E-state index contributed by atoms with van der Waals surface area (Å²) in [7, 11) is -3.76. The van der Waals surface area contributed by atoms with E-state index in [1.807, 2.05) is 0 Å². The summed E-state index contributed by atoms with van der Waals surface area (Å²) in [5, 5.41) is 13.9. The molecule has 0 unspecified atom stereocenters. The third-order valence-electron chi connectivity index (χ3n) is 2.93. The average molecular weight is 270 g/mol. The van der Waals surface area contributed by atoms with E-state index >= 15 is 0 Å². The number of sulfonamides is 1. The van der Waals surface area contributed by atoms with Gasteiger partial charge in [0.2, 0.25) is 10.0 Å². The lowest BCUT2D eigenvalue weighted by Gasteiger charge is -2.30. The van der Waals surface area contributed by atoms with Crippen LogP contribution in [0.5, 0.6) is 0 Å². The molecular weight excluding hydrogens is 256 g/mol. The van der Waals surface area contributed by atoms with Crippen molar-refractivity contribution in [2.24, 2.45) is 5.14 Å². The van der Waals surface area contributed by atoms with E-state index in [1.54, 1.807) is 11.0 Å². The predicted octanol–water partition coefficient (Wildman–Crippen LogP) is 0.171. The number of aryl methyl sites for hydroxylation is 1. The Morgan fingerprint density at radius 2 is 2.17 bits per heavy atom. The van der Waals surface area contributed by atoms with Crippen molar-refractivity contribution in [3.8, 4) is 0 Å². The van der Waals surface area contributed by atoms with E-state index < -0.39 is 16.0 Å². The Morgan fingerprint density at radius 3 is 2.78 bits per heavy atom. The highest BCUT2D eigenvalue weighted by Gasteiger charge is 2.21. The Hall–Kier alpha value is -1.60. The van der Waals surface area contributed by atoms with Crippen LogP contribution in [-0.2, 0) is 21.2 Å². The van der Waals surface area contributed by atoms with Gasteiger partial charge in [-0.2, -0.15) is 0 Å². The number of anilines is 1. The number of nitrogens with zero attached hydrogens (tertiary/aromatic N) is 1. The second kappa shape index (κ2) is 4.58. The molecule has 18 heavy (non-hydrogen) atoms. The molecule has 0 spiro atoms. The van der Waals surface area contributed by atoms with Crippen LogP contribution in [0.4, 0.5) is 5.69 Å². The zero-order valence-electron chi connectivity index (χ0n) is 9.67. The number of fused-ring (bicyclic) bond motifs is 1. The normalized spacial score (nSPS) is 15.3. The molecule has 0 radical (unpaired) electrons. The number of carbonyl (C=O) groups is 1. The maximum Gasteiger partial charge on any atom is 0.323 e. The first-order valence-electron chi connectivity index (χ1n) is 5.50. The highest BCUT2D eigenvalue weighted by Crippen LogP contribution is 2.29. The molecular formula is C11H14N2O4S. The number of nitrogens with two attached hydrogens (primary N) is 1. The fourth-order valence-corrected chi connectivity index (χ4v) is 2.67. The number of carboxylic acids is 1. The molecule has 6 nitrogen and oxygen atoms in total. The average Bonchev–Trinajstić information content (AvgIpc) is 2.27. The molecule has 0 saturated carbocycles. The van der Waals surface area contributed by atoms with Crippen molar-refractivity contribution in [1.29, 1.82) is 0 Å². The molecule has 1 aromatic rings. The molecule has 98 valence electrons. The molecule has 0 bridgehead atoms. The van der Waals surface area contributed by atoms with Gasteiger partial charge in [0.05, 0.1) is 4.90 Å². The maximum absolute atomic E-state index is 11.3. The van der Waals surface area contributed by atoms with Gasteiger partial charge in [0.25, 0.3) is 0 Å². The Kier molecular flexibility index (Phi) is 3.27. The van der Waals surface area contributed by atoms with E-state index in [9.17, 15) is 13.2 Å². The first-order chi connectivity index (χ1) is 8.38. The summed E-state index contributed by atoms with van der Waals surface area (Å²) in [6.07, 6.45) is 1.67. The SMILES string of the molecule is NS(=O)(=O)c1ccc2c(c1)N(CC(=O)O)CCC2. The first-order valence-corrected chi connectivity index (χ1v) is 7.05. The van der Waals surface area contributed by atoms with Crippen molar-refractivity contribution in [3.05, 3.63) is 23.8 Å². The van der Waals surface area contributed by atoms with E-state index in [0.717, 1.165) is 18.4 Å². The van der Waals surface area contributed by atoms with Gasteiger partial charge in [-0.05, 0) is 30.5 Å². The van der Waals surface area contributed by atoms with Crippen molar-refractivity contribution in [1.82, 2.24) is 0 Å². The minimum absolute atomic E-state index is 0.0125. The van der Waals surface area contributed by atoms with E-state index in [0.29, 0.717) is 12.2 Å². The highest BCUT2D eigenvalue weighted by atomic mass is 32.2. The second-order valence-corrected chi connectivity index (χ2v) is 5.82. The number of hydrogen-bond acceptors (Lipinski definition) is 4. The summed E-state index contributed by atoms with van der Waals surface area (Å²) in [4.78, 5) is 12.4. The molecule has 0 aromatic heterocycles. The summed E-state index contributed by atoms with van der Waals surface area (Å²) < 4.78 is 22.6. The standard InChI is InChI=1S/C11H14N2O4S/c12-18(16,17)9-4-3-8-2-1-5-13(7-11(14)15)10(8)6-9/h3-4,6H,1-2,5,7H2,(H,14,15)(H2,12,16,17). The molecule has 3 N–H and O–H groups in total. The van der Waals surface area contributed by atoms with E-state index in [4.69, 9.17) is 10.2 Å². The summed E-state index contributed by atoms with van der Waals surface area (Å²) in [5.41, 5.74) is 1.60.